The predicted octanol–water partition coefficient (Wildman–Crippen LogP) is 0.659. The minimum absolute atomic E-state index is 0.142. The topological polar surface area (TPSA) is 101 Å². The van der Waals surface area contributed by atoms with Crippen molar-refractivity contribution in [1.82, 2.24) is 4.90 Å². The summed E-state index contributed by atoms with van der Waals surface area (Å²) < 4.78 is 11.6. The van der Waals surface area contributed by atoms with Gasteiger partial charge in [0.15, 0.2) is 0 Å². The van der Waals surface area contributed by atoms with Gasteiger partial charge in [-0.25, -0.2) is 4.90 Å². The minimum Gasteiger partial charge on any atom is -0.379 e. The monoisotopic (exact) mass is 255 g/mol. The molecule has 0 aromatic carbocycles. The Morgan fingerprint density at radius 3 is 1.50 bits per heavy atom. The van der Waals surface area contributed by atoms with Crippen LogP contribution in [-0.2, 0) is 4.57 Å². The number of hydrogen-bond acceptors (Lipinski definition) is 4. The Hall–Kier alpha value is 0.0300. The summed E-state index contributed by atoms with van der Waals surface area (Å²) in [6, 6.07) is 0. The number of nitrogens with zero attached hydrogens (tertiary/aromatic N) is 1. The van der Waals surface area contributed by atoms with E-state index in [9.17, 15) is 24.6 Å². The standard InChI is InChI=1S/C9H22NO5P/c1-5-9(6-2,16(13,14)15)10(7(3)11)8(4)12/h7-8,11-12H,5-6H2,1-4H3,(H2,13,14,15). The van der Waals surface area contributed by atoms with E-state index in [0.717, 1.165) is 4.90 Å². The lowest BCUT2D eigenvalue weighted by molar-refractivity contribution is -0.129. The molecule has 98 valence electrons. The predicted molar refractivity (Wildman–Crippen MR) is 60.6 cm³/mol. The van der Waals surface area contributed by atoms with Crippen LogP contribution in [0.1, 0.15) is 40.5 Å². The molecule has 0 radical (unpaired) electrons. The van der Waals surface area contributed by atoms with E-state index in [1.54, 1.807) is 13.8 Å². The Morgan fingerprint density at radius 1 is 1.12 bits per heavy atom. The first-order valence-corrected chi connectivity index (χ1v) is 6.95. The molecule has 0 aliphatic rings. The SMILES string of the molecule is CCC(CC)(N(C(C)O)C(C)O)P(=O)(O)O. The second-order valence-corrected chi connectivity index (χ2v) is 5.83. The summed E-state index contributed by atoms with van der Waals surface area (Å²) in [7, 11) is -4.46. The van der Waals surface area contributed by atoms with E-state index >= 15 is 0 Å². The van der Waals surface area contributed by atoms with Crippen LogP contribution in [0, 0.1) is 0 Å². The minimum atomic E-state index is -4.46. The third-order valence-electron chi connectivity index (χ3n) is 2.96. The van der Waals surface area contributed by atoms with Crippen molar-refractivity contribution in [2.24, 2.45) is 0 Å². The molecule has 0 spiro atoms. The van der Waals surface area contributed by atoms with E-state index in [1.807, 2.05) is 0 Å². The zero-order valence-corrected chi connectivity index (χ0v) is 11.1. The molecule has 4 N–H and O–H groups in total. The number of aliphatic hydroxyl groups excluding tert-OH is 2. The first kappa shape index (κ1) is 16.0. The maximum absolute atomic E-state index is 11.6. The van der Waals surface area contributed by atoms with Gasteiger partial charge in [-0.15, -0.1) is 0 Å². The first-order chi connectivity index (χ1) is 7.14. The maximum atomic E-state index is 11.6. The number of aliphatic hydroxyl groups is 2. The van der Waals surface area contributed by atoms with Gasteiger partial charge in [0, 0.05) is 0 Å². The Morgan fingerprint density at radius 2 is 1.44 bits per heavy atom. The summed E-state index contributed by atoms with van der Waals surface area (Å²) in [6.07, 6.45) is -1.98. The third-order valence-corrected chi connectivity index (χ3v) is 4.91. The molecule has 0 fully saturated rings. The highest BCUT2D eigenvalue weighted by Crippen LogP contribution is 2.57. The van der Waals surface area contributed by atoms with Crippen LogP contribution in [0.25, 0.3) is 0 Å². The molecule has 16 heavy (non-hydrogen) atoms. The second kappa shape index (κ2) is 5.58. The molecule has 0 saturated heterocycles. The first-order valence-electron chi connectivity index (χ1n) is 5.34. The van der Waals surface area contributed by atoms with Crippen LogP contribution >= 0.6 is 7.60 Å². The highest BCUT2D eigenvalue weighted by molar-refractivity contribution is 7.53. The van der Waals surface area contributed by atoms with Crippen molar-refractivity contribution in [3.63, 3.8) is 0 Å². The Bertz CT molecular complexity index is 251. The van der Waals surface area contributed by atoms with Gasteiger partial charge in [-0.05, 0) is 26.7 Å². The summed E-state index contributed by atoms with van der Waals surface area (Å²) in [6.45, 7) is 6.01. The lowest BCUT2D eigenvalue weighted by atomic mass is 10.1. The molecular weight excluding hydrogens is 233 g/mol. The van der Waals surface area contributed by atoms with E-state index in [2.05, 4.69) is 0 Å². The van der Waals surface area contributed by atoms with Gasteiger partial charge >= 0.3 is 7.60 Å². The van der Waals surface area contributed by atoms with Gasteiger partial charge in [0.25, 0.3) is 0 Å². The van der Waals surface area contributed by atoms with Crippen LogP contribution in [0.5, 0.6) is 0 Å². The molecule has 0 aliphatic carbocycles. The summed E-state index contributed by atoms with van der Waals surface area (Å²) in [5.74, 6) is 0. The molecule has 0 aromatic heterocycles. The van der Waals surface area contributed by atoms with Gasteiger partial charge in [-0.2, -0.15) is 0 Å². The van der Waals surface area contributed by atoms with Gasteiger partial charge in [-0.3, -0.25) is 4.57 Å². The molecule has 0 aliphatic heterocycles. The van der Waals surface area contributed by atoms with Crippen molar-refractivity contribution in [2.75, 3.05) is 0 Å². The summed E-state index contributed by atoms with van der Waals surface area (Å²) >= 11 is 0. The van der Waals surface area contributed by atoms with E-state index in [4.69, 9.17) is 0 Å². The van der Waals surface area contributed by atoms with Crippen LogP contribution in [0.15, 0.2) is 0 Å². The highest BCUT2D eigenvalue weighted by atomic mass is 31.2. The lowest BCUT2D eigenvalue weighted by Gasteiger charge is -2.45. The molecule has 2 unspecified atom stereocenters. The number of hydrogen-bond donors (Lipinski definition) is 4. The third kappa shape index (κ3) is 2.83. The molecule has 0 rings (SSSR count). The Labute approximate surface area is 96.1 Å². The van der Waals surface area contributed by atoms with Crippen molar-refractivity contribution < 1.29 is 24.6 Å². The van der Waals surface area contributed by atoms with Gasteiger partial charge in [0.2, 0.25) is 0 Å². The van der Waals surface area contributed by atoms with Gasteiger partial charge < -0.3 is 20.0 Å². The molecule has 0 amide bonds. The zero-order chi connectivity index (χ0) is 13.1. The van der Waals surface area contributed by atoms with Crippen LogP contribution in [-0.4, -0.2) is 42.6 Å². The summed E-state index contributed by atoms with van der Waals surface area (Å²) in [5, 5.41) is 17.6. The van der Waals surface area contributed by atoms with Crippen molar-refractivity contribution in [3.8, 4) is 0 Å². The molecule has 0 saturated carbocycles. The summed E-state index contributed by atoms with van der Waals surface area (Å²) in [5.41, 5.74) is 0. The smallest absolute Gasteiger partial charge is 0.345 e. The van der Waals surface area contributed by atoms with E-state index in [-0.39, 0.29) is 12.8 Å². The second-order valence-electron chi connectivity index (χ2n) is 3.90. The molecular formula is C9H22NO5P. The van der Waals surface area contributed by atoms with E-state index < -0.39 is 25.3 Å². The van der Waals surface area contributed by atoms with Crippen molar-refractivity contribution in [1.29, 1.82) is 0 Å². The Kier molecular flexibility index (Phi) is 5.59. The van der Waals surface area contributed by atoms with Crippen LogP contribution in [0.4, 0.5) is 0 Å². The van der Waals surface area contributed by atoms with Gasteiger partial charge in [0.1, 0.15) is 17.7 Å². The quantitative estimate of drug-likeness (QED) is 0.411. The van der Waals surface area contributed by atoms with Crippen molar-refractivity contribution in [2.45, 2.75) is 58.3 Å². The zero-order valence-electron chi connectivity index (χ0n) is 10.2. The molecule has 2 atom stereocenters. The fraction of sp³-hybridized carbons (Fsp3) is 1.00. The largest absolute Gasteiger partial charge is 0.379 e. The van der Waals surface area contributed by atoms with E-state index in [0.29, 0.717) is 0 Å². The molecule has 7 heteroatoms. The lowest BCUT2D eigenvalue weighted by Crippen LogP contribution is -2.56. The molecule has 0 heterocycles. The molecule has 0 aromatic rings. The normalized spacial score (nSPS) is 17.6. The Balaban J connectivity index is 5.56. The fourth-order valence-electron chi connectivity index (χ4n) is 2.19. The van der Waals surface area contributed by atoms with Crippen molar-refractivity contribution in [3.05, 3.63) is 0 Å². The number of rotatable bonds is 6. The average Bonchev–Trinajstić information content (AvgIpc) is 2.10. The summed E-state index contributed by atoms with van der Waals surface area (Å²) in [4.78, 5) is 19.9. The molecule has 0 bridgehead atoms. The van der Waals surface area contributed by atoms with Crippen LogP contribution in [0.3, 0.4) is 0 Å². The maximum Gasteiger partial charge on any atom is 0.345 e. The van der Waals surface area contributed by atoms with Gasteiger partial charge in [-0.1, -0.05) is 13.8 Å². The van der Waals surface area contributed by atoms with E-state index in [1.165, 1.54) is 13.8 Å². The van der Waals surface area contributed by atoms with Crippen molar-refractivity contribution >= 4 is 7.60 Å². The van der Waals surface area contributed by atoms with Gasteiger partial charge in [0.05, 0.1) is 0 Å². The van der Waals surface area contributed by atoms with Crippen LogP contribution in [0.2, 0.25) is 0 Å². The average molecular weight is 255 g/mol. The molecule has 6 nitrogen and oxygen atoms in total. The fourth-order valence-corrected chi connectivity index (χ4v) is 3.64. The van der Waals surface area contributed by atoms with Crippen LogP contribution < -0.4 is 0 Å². The highest BCUT2D eigenvalue weighted by Gasteiger charge is 2.51.